The molecule has 112 valence electrons. The lowest BCUT2D eigenvalue weighted by molar-refractivity contribution is -0.123. The number of nitrogens with one attached hydrogen (secondary N) is 2. The van der Waals surface area contributed by atoms with Crippen molar-refractivity contribution >= 4 is 23.2 Å². The molecule has 0 aliphatic carbocycles. The van der Waals surface area contributed by atoms with Crippen LogP contribution in [-0.2, 0) is 9.59 Å². The van der Waals surface area contributed by atoms with Gasteiger partial charge in [0.1, 0.15) is 0 Å². The minimum absolute atomic E-state index is 0.126. The van der Waals surface area contributed by atoms with Crippen LogP contribution < -0.4 is 10.6 Å². The van der Waals surface area contributed by atoms with Gasteiger partial charge >= 0.3 is 0 Å². The number of hydrogen-bond donors (Lipinski definition) is 2. The summed E-state index contributed by atoms with van der Waals surface area (Å²) in [5.41, 5.74) is 4.54. The number of fused-ring (bicyclic) bond motifs is 1. The van der Waals surface area contributed by atoms with Crippen molar-refractivity contribution in [3.05, 3.63) is 59.2 Å². The van der Waals surface area contributed by atoms with Gasteiger partial charge in [-0.3, -0.25) is 9.59 Å². The maximum absolute atomic E-state index is 12.6. The van der Waals surface area contributed by atoms with Crippen LogP contribution in [0.2, 0.25) is 0 Å². The monoisotopic (exact) mass is 294 g/mol. The van der Waals surface area contributed by atoms with E-state index in [1.54, 1.807) is 0 Å². The van der Waals surface area contributed by atoms with Gasteiger partial charge in [-0.15, -0.1) is 0 Å². The highest BCUT2D eigenvalue weighted by molar-refractivity contribution is 6.05. The van der Waals surface area contributed by atoms with Gasteiger partial charge in [-0.05, 0) is 48.7 Å². The third kappa shape index (κ3) is 2.86. The molecule has 2 amide bonds. The van der Waals surface area contributed by atoms with E-state index < -0.39 is 5.92 Å². The fraction of sp³-hybridized carbons (Fsp3) is 0.222. The fourth-order valence-corrected chi connectivity index (χ4v) is 2.92. The second-order valence-corrected chi connectivity index (χ2v) is 5.76. The topological polar surface area (TPSA) is 58.2 Å². The summed E-state index contributed by atoms with van der Waals surface area (Å²) >= 11 is 0. The maximum atomic E-state index is 12.6. The van der Waals surface area contributed by atoms with Gasteiger partial charge in [0, 0.05) is 17.8 Å². The number of carbonyl (C=O) groups is 2. The van der Waals surface area contributed by atoms with E-state index in [-0.39, 0.29) is 18.2 Å². The Bertz CT molecular complexity index is 732. The molecule has 1 aliphatic heterocycles. The van der Waals surface area contributed by atoms with Crippen LogP contribution in [0, 0.1) is 13.8 Å². The molecule has 0 spiro atoms. The molecule has 0 saturated carbocycles. The fourth-order valence-electron chi connectivity index (χ4n) is 2.92. The van der Waals surface area contributed by atoms with Crippen LogP contribution in [0.5, 0.6) is 0 Å². The molecule has 0 bridgehead atoms. The van der Waals surface area contributed by atoms with E-state index in [1.807, 2.05) is 50.2 Å². The first-order valence-electron chi connectivity index (χ1n) is 7.31. The highest BCUT2D eigenvalue weighted by atomic mass is 16.2. The largest absolute Gasteiger partial charge is 0.326 e. The molecular formula is C18H18N2O2. The lowest BCUT2D eigenvalue weighted by Crippen LogP contribution is -2.30. The highest BCUT2D eigenvalue weighted by Gasteiger charge is 2.30. The maximum Gasteiger partial charge on any atom is 0.232 e. The smallest absolute Gasteiger partial charge is 0.232 e. The highest BCUT2D eigenvalue weighted by Crippen LogP contribution is 2.32. The number of hydrogen-bond acceptors (Lipinski definition) is 2. The third-order valence-corrected chi connectivity index (χ3v) is 3.81. The van der Waals surface area contributed by atoms with Crippen LogP contribution in [0.25, 0.3) is 0 Å². The van der Waals surface area contributed by atoms with Crippen molar-refractivity contribution < 1.29 is 9.59 Å². The second-order valence-electron chi connectivity index (χ2n) is 5.76. The predicted molar refractivity (Wildman–Crippen MR) is 87.0 cm³/mol. The Morgan fingerprint density at radius 2 is 1.82 bits per heavy atom. The van der Waals surface area contributed by atoms with E-state index >= 15 is 0 Å². The van der Waals surface area contributed by atoms with Crippen molar-refractivity contribution in [3.63, 3.8) is 0 Å². The molecule has 0 radical (unpaired) electrons. The normalized spacial score (nSPS) is 16.6. The molecule has 2 aromatic rings. The van der Waals surface area contributed by atoms with Crippen LogP contribution in [0.1, 0.15) is 29.0 Å². The summed E-state index contributed by atoms with van der Waals surface area (Å²) in [4.78, 5) is 24.4. The first kappa shape index (κ1) is 14.3. The van der Waals surface area contributed by atoms with Gasteiger partial charge in [-0.25, -0.2) is 0 Å². The van der Waals surface area contributed by atoms with Gasteiger partial charge in [0.2, 0.25) is 11.8 Å². The molecule has 1 atom stereocenters. The van der Waals surface area contributed by atoms with Gasteiger partial charge in [0.15, 0.2) is 0 Å². The Morgan fingerprint density at radius 1 is 1.14 bits per heavy atom. The van der Waals surface area contributed by atoms with Gasteiger partial charge in [0.05, 0.1) is 5.92 Å². The standard InChI is InChI=1S/C18H18N2O2/c1-11-7-12(2)9-13(8-11)19-18(22)15-10-17(21)20-16-6-4-3-5-14(15)16/h3-9,15H,10H2,1-2H3,(H,19,22)(H,20,21)/t15-/m1/s1. The molecule has 0 unspecified atom stereocenters. The summed E-state index contributed by atoms with van der Waals surface area (Å²) in [6.07, 6.45) is 0.174. The van der Waals surface area contributed by atoms with E-state index in [2.05, 4.69) is 16.7 Å². The Labute approximate surface area is 129 Å². The predicted octanol–water partition coefficient (Wildman–Crippen LogP) is 3.37. The average Bonchev–Trinajstić information content (AvgIpc) is 2.45. The number of aryl methyl sites for hydroxylation is 2. The van der Waals surface area contributed by atoms with Crippen LogP contribution in [0.15, 0.2) is 42.5 Å². The van der Waals surface area contributed by atoms with E-state index in [9.17, 15) is 9.59 Å². The SMILES string of the molecule is Cc1cc(C)cc(NC(=O)[C@@H]2CC(=O)Nc3ccccc32)c1. The molecule has 0 saturated heterocycles. The van der Waals surface area contributed by atoms with Crippen molar-refractivity contribution in [2.75, 3.05) is 10.6 Å². The van der Waals surface area contributed by atoms with Crippen molar-refractivity contribution in [2.45, 2.75) is 26.2 Å². The molecular weight excluding hydrogens is 276 g/mol. The van der Waals surface area contributed by atoms with Crippen molar-refractivity contribution in [1.82, 2.24) is 0 Å². The average molecular weight is 294 g/mol. The van der Waals surface area contributed by atoms with Crippen LogP contribution >= 0.6 is 0 Å². The van der Waals surface area contributed by atoms with E-state index in [0.29, 0.717) is 0 Å². The molecule has 0 fully saturated rings. The van der Waals surface area contributed by atoms with Crippen LogP contribution in [0.3, 0.4) is 0 Å². The lowest BCUT2D eigenvalue weighted by Gasteiger charge is -2.24. The summed E-state index contributed by atoms with van der Waals surface area (Å²) in [5.74, 6) is -0.725. The van der Waals surface area contributed by atoms with Gasteiger partial charge in [-0.1, -0.05) is 24.3 Å². The third-order valence-electron chi connectivity index (χ3n) is 3.81. The number of carbonyl (C=O) groups excluding carboxylic acids is 2. The minimum atomic E-state index is -0.453. The first-order valence-corrected chi connectivity index (χ1v) is 7.31. The minimum Gasteiger partial charge on any atom is -0.326 e. The zero-order chi connectivity index (χ0) is 15.7. The Hall–Kier alpha value is -2.62. The Kier molecular flexibility index (Phi) is 3.67. The number of rotatable bonds is 2. The van der Waals surface area contributed by atoms with E-state index in [4.69, 9.17) is 0 Å². The van der Waals surface area contributed by atoms with Crippen LogP contribution in [0.4, 0.5) is 11.4 Å². The van der Waals surface area contributed by atoms with Gasteiger partial charge in [-0.2, -0.15) is 0 Å². The molecule has 0 aromatic heterocycles. The molecule has 4 nitrogen and oxygen atoms in total. The lowest BCUT2D eigenvalue weighted by atomic mass is 9.89. The first-order chi connectivity index (χ1) is 10.5. The summed E-state index contributed by atoms with van der Waals surface area (Å²) in [5, 5.41) is 5.74. The molecule has 22 heavy (non-hydrogen) atoms. The number of anilines is 2. The van der Waals surface area contributed by atoms with Crippen molar-refractivity contribution in [2.24, 2.45) is 0 Å². The van der Waals surface area contributed by atoms with Crippen LogP contribution in [-0.4, -0.2) is 11.8 Å². The molecule has 1 aliphatic rings. The quantitative estimate of drug-likeness (QED) is 0.892. The van der Waals surface area contributed by atoms with Gasteiger partial charge in [0.25, 0.3) is 0 Å². The molecule has 4 heteroatoms. The summed E-state index contributed by atoms with van der Waals surface area (Å²) < 4.78 is 0. The Morgan fingerprint density at radius 3 is 2.55 bits per heavy atom. The zero-order valence-corrected chi connectivity index (χ0v) is 12.6. The van der Waals surface area contributed by atoms with Crippen molar-refractivity contribution in [3.8, 4) is 0 Å². The number of benzene rings is 2. The zero-order valence-electron chi connectivity index (χ0n) is 12.6. The van der Waals surface area contributed by atoms with Gasteiger partial charge < -0.3 is 10.6 Å². The summed E-state index contributed by atoms with van der Waals surface area (Å²) in [6.45, 7) is 3.98. The summed E-state index contributed by atoms with van der Waals surface area (Å²) in [7, 11) is 0. The molecule has 3 rings (SSSR count). The number of para-hydroxylation sites is 1. The Balaban J connectivity index is 1.87. The van der Waals surface area contributed by atoms with E-state index in [0.717, 1.165) is 28.1 Å². The summed E-state index contributed by atoms with van der Waals surface area (Å²) in [6, 6.07) is 13.4. The van der Waals surface area contributed by atoms with E-state index in [1.165, 1.54) is 0 Å². The number of amides is 2. The molecule has 2 aromatic carbocycles. The molecule has 2 N–H and O–H groups in total. The second kappa shape index (κ2) is 5.64. The van der Waals surface area contributed by atoms with Crippen molar-refractivity contribution in [1.29, 1.82) is 0 Å². The molecule has 1 heterocycles.